The molecule has 3 N–H and O–H groups in total. The van der Waals surface area contributed by atoms with E-state index in [1.165, 1.54) is 13.0 Å². The Balaban J connectivity index is 1.63. The second-order valence-corrected chi connectivity index (χ2v) is 8.64. The number of aryl methyl sites for hydroxylation is 1. The number of benzene rings is 2. The lowest BCUT2D eigenvalue weighted by Gasteiger charge is -2.21. The van der Waals surface area contributed by atoms with Crippen LogP contribution in [0.2, 0.25) is 0 Å². The Labute approximate surface area is 199 Å². The number of likely N-dealkylation sites (N-methyl/N-ethyl adjacent to an activating group) is 1. The van der Waals surface area contributed by atoms with Crippen molar-refractivity contribution in [2.24, 2.45) is 0 Å². The molecule has 1 aliphatic heterocycles. The molecule has 0 aliphatic carbocycles. The van der Waals surface area contributed by atoms with Gasteiger partial charge in [0.2, 0.25) is 5.91 Å². The number of hydrogen-bond acceptors (Lipinski definition) is 6. The zero-order chi connectivity index (χ0) is 25.5. The summed E-state index contributed by atoms with van der Waals surface area (Å²) >= 11 is 0. The van der Waals surface area contributed by atoms with E-state index in [1.54, 1.807) is 37.1 Å². The minimum absolute atomic E-state index is 0.0283. The van der Waals surface area contributed by atoms with E-state index in [9.17, 15) is 22.4 Å². The van der Waals surface area contributed by atoms with Crippen molar-refractivity contribution in [3.05, 3.63) is 53.1 Å². The molecule has 2 aromatic carbocycles. The number of amides is 1. The fourth-order valence-corrected chi connectivity index (χ4v) is 4.15. The van der Waals surface area contributed by atoms with Gasteiger partial charge in [-0.05, 0) is 50.6 Å². The first kappa shape index (κ1) is 24.5. The third kappa shape index (κ3) is 5.08. The summed E-state index contributed by atoms with van der Waals surface area (Å²) in [7, 11) is 1.74. The standard InChI is InChI=1S/C24H25F4N5O2/c1-12(17-8-14(29)9-19(22(17)25)24(26,27)28)30-23-18-10-16(5-6-20(18)31-13(2)32-23)35-11-15-4-7-21(34)33(15)3/h5-6,8-10,12,15H,4,7,11,29H2,1-3H3,(H,30,31,32)/t12-,15+/m1/s1. The molecular formula is C24H25F4N5O2. The predicted octanol–water partition coefficient (Wildman–Crippen LogP) is 4.85. The maximum atomic E-state index is 14.8. The number of fused-ring (bicyclic) bond motifs is 1. The molecule has 4 rings (SSSR count). The van der Waals surface area contributed by atoms with Gasteiger partial charge in [-0.1, -0.05) is 0 Å². The van der Waals surface area contributed by atoms with Gasteiger partial charge in [-0.15, -0.1) is 0 Å². The number of carbonyl (C=O) groups is 1. The maximum absolute atomic E-state index is 14.8. The topological polar surface area (TPSA) is 93.4 Å². The van der Waals surface area contributed by atoms with Crippen molar-refractivity contribution < 1.29 is 27.1 Å². The van der Waals surface area contributed by atoms with Crippen molar-refractivity contribution in [1.82, 2.24) is 14.9 Å². The second kappa shape index (κ2) is 9.20. The first-order valence-corrected chi connectivity index (χ1v) is 11.0. The van der Waals surface area contributed by atoms with Crippen molar-refractivity contribution in [3.63, 3.8) is 0 Å². The van der Waals surface area contributed by atoms with Crippen molar-refractivity contribution >= 4 is 28.3 Å². The van der Waals surface area contributed by atoms with Crippen molar-refractivity contribution in [3.8, 4) is 5.75 Å². The smallest absolute Gasteiger partial charge is 0.419 e. The molecule has 1 aromatic heterocycles. The van der Waals surface area contributed by atoms with E-state index in [1.807, 2.05) is 0 Å². The van der Waals surface area contributed by atoms with E-state index in [4.69, 9.17) is 10.5 Å². The van der Waals surface area contributed by atoms with E-state index in [-0.39, 0.29) is 23.2 Å². The average molecular weight is 491 g/mol. The number of carbonyl (C=O) groups excluding carboxylic acids is 1. The third-order valence-corrected chi connectivity index (χ3v) is 6.10. The summed E-state index contributed by atoms with van der Waals surface area (Å²) in [6.07, 6.45) is -3.68. The molecular weight excluding hydrogens is 466 g/mol. The summed E-state index contributed by atoms with van der Waals surface area (Å²) < 4.78 is 60.5. The summed E-state index contributed by atoms with van der Waals surface area (Å²) in [5.41, 5.74) is 4.36. The monoisotopic (exact) mass is 491 g/mol. The van der Waals surface area contributed by atoms with Gasteiger partial charge in [0, 0.05) is 30.1 Å². The first-order valence-electron chi connectivity index (χ1n) is 11.0. The molecule has 0 saturated carbocycles. The lowest BCUT2D eigenvalue weighted by molar-refractivity contribution is -0.140. The van der Waals surface area contributed by atoms with Crippen LogP contribution >= 0.6 is 0 Å². The number of halogens is 4. The Morgan fingerprint density at radius 2 is 2.00 bits per heavy atom. The summed E-state index contributed by atoms with van der Waals surface area (Å²) in [5, 5.41) is 3.56. The largest absolute Gasteiger partial charge is 0.491 e. The molecule has 0 bridgehead atoms. The normalized spacial score (nSPS) is 17.2. The van der Waals surface area contributed by atoms with Crippen LogP contribution in [0.15, 0.2) is 30.3 Å². The lowest BCUT2D eigenvalue weighted by Crippen LogP contribution is -2.33. The van der Waals surface area contributed by atoms with E-state index in [0.717, 1.165) is 0 Å². The number of nitrogens with one attached hydrogen (secondary N) is 1. The zero-order valence-corrected chi connectivity index (χ0v) is 19.4. The number of rotatable bonds is 6. The Morgan fingerprint density at radius 1 is 1.26 bits per heavy atom. The molecule has 0 radical (unpaired) electrons. The van der Waals surface area contributed by atoms with Gasteiger partial charge < -0.3 is 20.7 Å². The van der Waals surface area contributed by atoms with Crippen LogP contribution < -0.4 is 15.8 Å². The molecule has 3 aromatic rings. The van der Waals surface area contributed by atoms with E-state index in [2.05, 4.69) is 15.3 Å². The molecule has 1 amide bonds. The van der Waals surface area contributed by atoms with Crippen LogP contribution in [0.1, 0.15) is 42.8 Å². The lowest BCUT2D eigenvalue weighted by atomic mass is 10.0. The molecule has 0 unspecified atom stereocenters. The SMILES string of the molecule is Cc1nc(N[C@H](C)c2cc(N)cc(C(F)(F)F)c2F)c2cc(OC[C@@H]3CCC(=O)N3C)ccc2n1. The number of ether oxygens (including phenoxy) is 1. The van der Waals surface area contributed by atoms with Crippen LogP contribution in [-0.2, 0) is 11.0 Å². The minimum atomic E-state index is -4.88. The summed E-state index contributed by atoms with van der Waals surface area (Å²) in [5.74, 6) is -0.0576. The van der Waals surface area contributed by atoms with Crippen LogP contribution in [0.4, 0.5) is 29.1 Å². The maximum Gasteiger partial charge on any atom is 0.419 e. The van der Waals surface area contributed by atoms with Gasteiger partial charge in [-0.25, -0.2) is 14.4 Å². The molecule has 2 heterocycles. The van der Waals surface area contributed by atoms with E-state index < -0.39 is 23.6 Å². The number of aromatic nitrogens is 2. The van der Waals surface area contributed by atoms with Gasteiger partial charge in [-0.3, -0.25) is 4.79 Å². The van der Waals surface area contributed by atoms with Gasteiger partial charge >= 0.3 is 6.18 Å². The molecule has 11 heteroatoms. The van der Waals surface area contributed by atoms with Gasteiger partial charge in [0.1, 0.15) is 29.8 Å². The summed E-state index contributed by atoms with van der Waals surface area (Å²) in [4.78, 5) is 22.2. The highest BCUT2D eigenvalue weighted by atomic mass is 19.4. The molecule has 1 saturated heterocycles. The molecule has 1 fully saturated rings. The number of nitrogens with two attached hydrogens (primary N) is 1. The number of hydrogen-bond donors (Lipinski definition) is 2. The number of nitrogen functional groups attached to an aromatic ring is 1. The summed E-state index contributed by atoms with van der Waals surface area (Å²) in [6.45, 7) is 3.51. The fraction of sp³-hybridized carbons (Fsp3) is 0.375. The Morgan fingerprint density at radius 3 is 2.66 bits per heavy atom. The average Bonchev–Trinajstić information content (AvgIpc) is 3.10. The van der Waals surface area contributed by atoms with Crippen LogP contribution in [0.3, 0.4) is 0 Å². The Bertz CT molecular complexity index is 1280. The Hall–Kier alpha value is -3.63. The van der Waals surface area contributed by atoms with Crippen LogP contribution in [-0.4, -0.2) is 40.5 Å². The molecule has 1 aliphatic rings. The highest BCUT2D eigenvalue weighted by Crippen LogP contribution is 2.37. The van der Waals surface area contributed by atoms with E-state index in [0.29, 0.717) is 53.8 Å². The number of nitrogens with zero attached hydrogens (tertiary/aromatic N) is 3. The highest BCUT2D eigenvalue weighted by Gasteiger charge is 2.36. The van der Waals surface area contributed by atoms with Gasteiger partial charge in [-0.2, -0.15) is 13.2 Å². The second-order valence-electron chi connectivity index (χ2n) is 8.64. The number of alkyl halides is 3. The summed E-state index contributed by atoms with van der Waals surface area (Å²) in [6, 6.07) is 6.02. The van der Waals surface area contributed by atoms with Gasteiger partial charge in [0.15, 0.2) is 0 Å². The van der Waals surface area contributed by atoms with Crippen LogP contribution in [0, 0.1) is 12.7 Å². The third-order valence-electron chi connectivity index (χ3n) is 6.10. The number of anilines is 2. The molecule has 2 atom stereocenters. The predicted molar refractivity (Wildman–Crippen MR) is 123 cm³/mol. The Kier molecular flexibility index (Phi) is 6.44. The molecule has 0 spiro atoms. The molecule has 7 nitrogen and oxygen atoms in total. The van der Waals surface area contributed by atoms with Gasteiger partial charge in [0.05, 0.1) is 23.2 Å². The van der Waals surface area contributed by atoms with Crippen molar-refractivity contribution in [1.29, 1.82) is 0 Å². The van der Waals surface area contributed by atoms with Crippen molar-refractivity contribution in [2.45, 2.75) is 44.9 Å². The zero-order valence-electron chi connectivity index (χ0n) is 19.4. The van der Waals surface area contributed by atoms with Gasteiger partial charge in [0.25, 0.3) is 0 Å². The van der Waals surface area contributed by atoms with E-state index >= 15 is 0 Å². The van der Waals surface area contributed by atoms with Crippen LogP contribution in [0.5, 0.6) is 5.75 Å². The highest BCUT2D eigenvalue weighted by molar-refractivity contribution is 5.90. The quantitative estimate of drug-likeness (QED) is 0.378. The van der Waals surface area contributed by atoms with Crippen LogP contribution in [0.25, 0.3) is 10.9 Å². The van der Waals surface area contributed by atoms with Crippen molar-refractivity contribution in [2.75, 3.05) is 24.7 Å². The minimum Gasteiger partial charge on any atom is -0.491 e. The number of likely N-dealkylation sites (tertiary alicyclic amines) is 1. The fourth-order valence-electron chi connectivity index (χ4n) is 4.15. The molecule has 35 heavy (non-hydrogen) atoms. The first-order chi connectivity index (χ1) is 16.4. The molecule has 186 valence electrons.